The Kier molecular flexibility index (Phi) is 6.65. The fourth-order valence-corrected chi connectivity index (χ4v) is 3.11. The van der Waals surface area contributed by atoms with Crippen LogP contribution in [0.25, 0.3) is 0 Å². The maximum absolute atomic E-state index is 12.2. The maximum Gasteiger partial charge on any atom is 0.240 e. The third-order valence-corrected chi connectivity index (χ3v) is 5.28. The van der Waals surface area contributed by atoms with Gasteiger partial charge >= 0.3 is 0 Å². The van der Waals surface area contributed by atoms with Crippen molar-refractivity contribution in [2.45, 2.75) is 44.6 Å². The first-order chi connectivity index (χ1) is 9.44. The molecule has 114 valence electrons. The molecule has 0 aliphatic heterocycles. The topological polar surface area (TPSA) is 58.2 Å². The number of hydrogen-bond acceptors (Lipinski definition) is 3. The van der Waals surface area contributed by atoms with E-state index in [9.17, 15) is 8.42 Å². The van der Waals surface area contributed by atoms with Crippen LogP contribution in [0.15, 0.2) is 29.2 Å². The van der Waals surface area contributed by atoms with Crippen LogP contribution in [0.3, 0.4) is 0 Å². The van der Waals surface area contributed by atoms with E-state index in [1.807, 2.05) is 26.1 Å². The Hall–Kier alpha value is -0.910. The van der Waals surface area contributed by atoms with E-state index >= 15 is 0 Å². The summed E-state index contributed by atoms with van der Waals surface area (Å²) in [5, 5.41) is 3.13. The van der Waals surface area contributed by atoms with Crippen LogP contribution in [-0.2, 0) is 10.0 Å². The number of benzene rings is 1. The van der Waals surface area contributed by atoms with Crippen molar-refractivity contribution < 1.29 is 8.42 Å². The maximum atomic E-state index is 12.2. The minimum atomic E-state index is -3.40. The molecule has 0 aliphatic rings. The van der Waals surface area contributed by atoms with Gasteiger partial charge in [0.1, 0.15) is 0 Å². The SMILES string of the molecule is CCC(CC)CNS(=O)(=O)c1ccc(C(C)NC)cc1. The lowest BCUT2D eigenvalue weighted by Gasteiger charge is -2.14. The Bertz CT molecular complexity index is 493. The van der Waals surface area contributed by atoms with Gasteiger partial charge in [-0.15, -0.1) is 0 Å². The Morgan fingerprint density at radius 2 is 1.65 bits per heavy atom. The molecule has 5 heteroatoms. The van der Waals surface area contributed by atoms with E-state index in [4.69, 9.17) is 0 Å². The number of nitrogens with one attached hydrogen (secondary N) is 2. The molecule has 0 spiro atoms. The molecule has 0 bridgehead atoms. The van der Waals surface area contributed by atoms with E-state index in [0.29, 0.717) is 17.4 Å². The van der Waals surface area contributed by atoms with Gasteiger partial charge in [0.25, 0.3) is 0 Å². The largest absolute Gasteiger partial charge is 0.313 e. The van der Waals surface area contributed by atoms with Gasteiger partial charge in [0.2, 0.25) is 10.0 Å². The molecule has 4 nitrogen and oxygen atoms in total. The zero-order chi connectivity index (χ0) is 15.2. The zero-order valence-corrected chi connectivity index (χ0v) is 13.6. The molecule has 0 aromatic heterocycles. The van der Waals surface area contributed by atoms with Gasteiger partial charge < -0.3 is 5.32 Å². The van der Waals surface area contributed by atoms with Gasteiger partial charge in [-0.3, -0.25) is 0 Å². The lowest BCUT2D eigenvalue weighted by Crippen LogP contribution is -2.29. The molecule has 2 N–H and O–H groups in total. The summed E-state index contributed by atoms with van der Waals surface area (Å²) >= 11 is 0. The Morgan fingerprint density at radius 3 is 2.10 bits per heavy atom. The van der Waals surface area contributed by atoms with Crippen molar-refractivity contribution in [2.24, 2.45) is 5.92 Å². The molecule has 1 atom stereocenters. The van der Waals surface area contributed by atoms with Gasteiger partial charge in [-0.25, -0.2) is 13.1 Å². The highest BCUT2D eigenvalue weighted by molar-refractivity contribution is 7.89. The van der Waals surface area contributed by atoms with Gasteiger partial charge in [0.05, 0.1) is 4.90 Å². The second-order valence-electron chi connectivity index (χ2n) is 5.11. The first kappa shape index (κ1) is 17.1. The second-order valence-corrected chi connectivity index (χ2v) is 6.88. The molecule has 20 heavy (non-hydrogen) atoms. The first-order valence-electron chi connectivity index (χ1n) is 7.21. The molecule has 0 saturated heterocycles. The first-order valence-corrected chi connectivity index (χ1v) is 8.69. The normalized spacial score (nSPS) is 13.7. The summed E-state index contributed by atoms with van der Waals surface area (Å²) < 4.78 is 27.1. The van der Waals surface area contributed by atoms with Crippen molar-refractivity contribution >= 4 is 10.0 Å². The quantitative estimate of drug-likeness (QED) is 0.776. The van der Waals surface area contributed by atoms with Crippen LogP contribution in [0, 0.1) is 5.92 Å². The van der Waals surface area contributed by atoms with Crippen LogP contribution >= 0.6 is 0 Å². The monoisotopic (exact) mass is 298 g/mol. The lowest BCUT2D eigenvalue weighted by atomic mass is 10.0. The standard InChI is InChI=1S/C15H26N2O2S/c1-5-13(6-2)11-17-20(18,19)15-9-7-14(8-10-15)12(3)16-4/h7-10,12-13,16-17H,5-6,11H2,1-4H3. The molecule has 0 heterocycles. The highest BCUT2D eigenvalue weighted by atomic mass is 32.2. The predicted molar refractivity (Wildman–Crippen MR) is 83.2 cm³/mol. The van der Waals surface area contributed by atoms with Gasteiger partial charge in [0, 0.05) is 12.6 Å². The summed E-state index contributed by atoms with van der Waals surface area (Å²) in [5.74, 6) is 0.397. The van der Waals surface area contributed by atoms with Crippen LogP contribution in [0.1, 0.15) is 45.2 Å². The average Bonchev–Trinajstić information content (AvgIpc) is 2.47. The van der Waals surface area contributed by atoms with Crippen molar-refractivity contribution in [3.8, 4) is 0 Å². The van der Waals surface area contributed by atoms with Crippen LogP contribution < -0.4 is 10.0 Å². The van der Waals surface area contributed by atoms with E-state index in [-0.39, 0.29) is 6.04 Å². The van der Waals surface area contributed by atoms with Crippen LogP contribution in [-0.4, -0.2) is 22.0 Å². The summed E-state index contributed by atoms with van der Waals surface area (Å²) in [5.41, 5.74) is 1.08. The smallest absolute Gasteiger partial charge is 0.240 e. The number of rotatable bonds is 8. The van der Waals surface area contributed by atoms with E-state index in [1.54, 1.807) is 12.1 Å². The molecule has 1 aromatic rings. The van der Waals surface area contributed by atoms with Gasteiger partial charge in [-0.2, -0.15) is 0 Å². The van der Waals surface area contributed by atoms with Crippen LogP contribution in [0.5, 0.6) is 0 Å². The Morgan fingerprint density at radius 1 is 1.10 bits per heavy atom. The van der Waals surface area contributed by atoms with E-state index in [1.165, 1.54) is 0 Å². The molecule has 0 amide bonds. The Labute approximate surface area is 123 Å². The molecule has 0 aliphatic carbocycles. The molecule has 0 radical (unpaired) electrons. The highest BCUT2D eigenvalue weighted by Gasteiger charge is 2.16. The van der Waals surface area contributed by atoms with Gasteiger partial charge in [0.15, 0.2) is 0 Å². The molecule has 1 aromatic carbocycles. The van der Waals surface area contributed by atoms with Crippen LogP contribution in [0.4, 0.5) is 0 Å². The second kappa shape index (κ2) is 7.76. The minimum absolute atomic E-state index is 0.212. The number of sulfonamides is 1. The molecular formula is C15H26N2O2S. The van der Waals surface area contributed by atoms with E-state index in [0.717, 1.165) is 18.4 Å². The summed E-state index contributed by atoms with van der Waals surface area (Å²) in [6.07, 6.45) is 1.97. The van der Waals surface area contributed by atoms with Gasteiger partial charge in [-0.05, 0) is 37.6 Å². The van der Waals surface area contributed by atoms with E-state index < -0.39 is 10.0 Å². The summed E-state index contributed by atoms with van der Waals surface area (Å²) in [7, 11) is -1.51. The van der Waals surface area contributed by atoms with Crippen molar-refractivity contribution in [2.75, 3.05) is 13.6 Å². The van der Waals surface area contributed by atoms with Crippen molar-refractivity contribution in [1.82, 2.24) is 10.0 Å². The molecule has 1 rings (SSSR count). The molecule has 0 saturated carbocycles. The summed E-state index contributed by atoms with van der Waals surface area (Å²) in [6.45, 7) is 6.70. The average molecular weight is 298 g/mol. The molecular weight excluding hydrogens is 272 g/mol. The highest BCUT2D eigenvalue weighted by Crippen LogP contribution is 2.16. The summed E-state index contributed by atoms with van der Waals surface area (Å²) in [4.78, 5) is 0.329. The molecule has 0 fully saturated rings. The summed E-state index contributed by atoms with van der Waals surface area (Å²) in [6, 6.07) is 7.25. The Balaban J connectivity index is 2.77. The fraction of sp³-hybridized carbons (Fsp3) is 0.600. The van der Waals surface area contributed by atoms with Crippen molar-refractivity contribution in [3.63, 3.8) is 0 Å². The predicted octanol–water partition coefficient (Wildman–Crippen LogP) is 2.68. The van der Waals surface area contributed by atoms with Crippen molar-refractivity contribution in [3.05, 3.63) is 29.8 Å². The molecule has 1 unspecified atom stereocenters. The third-order valence-electron chi connectivity index (χ3n) is 3.84. The van der Waals surface area contributed by atoms with Gasteiger partial charge in [-0.1, -0.05) is 38.8 Å². The third kappa shape index (κ3) is 4.58. The van der Waals surface area contributed by atoms with Crippen molar-refractivity contribution in [1.29, 1.82) is 0 Å². The fourth-order valence-electron chi connectivity index (χ4n) is 1.99. The lowest BCUT2D eigenvalue weighted by molar-refractivity contribution is 0.479. The number of hydrogen-bond donors (Lipinski definition) is 2. The minimum Gasteiger partial charge on any atom is -0.313 e. The zero-order valence-electron chi connectivity index (χ0n) is 12.8. The van der Waals surface area contributed by atoms with E-state index in [2.05, 4.69) is 23.9 Å². The van der Waals surface area contributed by atoms with Crippen LogP contribution in [0.2, 0.25) is 0 Å².